The summed E-state index contributed by atoms with van der Waals surface area (Å²) in [6.45, 7) is 0. The van der Waals surface area contributed by atoms with Crippen molar-refractivity contribution in [1.29, 1.82) is 0 Å². The number of carbonyl (C=O) groups is 2. The van der Waals surface area contributed by atoms with Crippen LogP contribution < -0.4 is 10.6 Å². The fourth-order valence-electron chi connectivity index (χ4n) is 5.75. The molecule has 2 aliphatic rings. The number of carboxylic acid groups (broad SMARTS) is 1. The third-order valence-corrected chi connectivity index (χ3v) is 7.87. The van der Waals surface area contributed by atoms with Crippen molar-refractivity contribution in [2.24, 2.45) is 11.3 Å². The van der Waals surface area contributed by atoms with E-state index in [4.69, 9.17) is 5.11 Å². The van der Waals surface area contributed by atoms with E-state index < -0.39 is 5.97 Å². The molecule has 4 N–H and O–H groups in total. The molecule has 2 aliphatic carbocycles. The second-order valence-corrected chi connectivity index (χ2v) is 10.2. The Morgan fingerprint density at radius 2 is 1.69 bits per heavy atom. The standard InChI is InChI=1S/C27H32N6O3/c34-23(35)16-18-8-12-27(13-9-18)14-10-19(11-15-27)22-7-6-21(17-28-22)29-25(36)24-31-26(33-32-24)30-20-4-2-1-3-5-20/h1-7,17-19H,8-16H2,(H,29,36)(H,34,35)(H2,30,31,32,33). The second kappa shape index (κ2) is 10.5. The van der Waals surface area contributed by atoms with E-state index in [1.807, 2.05) is 42.5 Å². The number of rotatable bonds is 7. The van der Waals surface area contributed by atoms with Gasteiger partial charge in [0.15, 0.2) is 0 Å². The van der Waals surface area contributed by atoms with Gasteiger partial charge in [-0.25, -0.2) is 0 Å². The summed E-state index contributed by atoms with van der Waals surface area (Å²) >= 11 is 0. The fraction of sp³-hybridized carbons (Fsp3) is 0.444. The second-order valence-electron chi connectivity index (χ2n) is 10.2. The Morgan fingerprint density at radius 3 is 2.36 bits per heavy atom. The zero-order valence-corrected chi connectivity index (χ0v) is 20.2. The smallest absolute Gasteiger partial charge is 0.303 e. The lowest BCUT2D eigenvalue weighted by Gasteiger charge is -2.44. The van der Waals surface area contributed by atoms with Crippen molar-refractivity contribution in [3.63, 3.8) is 0 Å². The van der Waals surface area contributed by atoms with Gasteiger partial charge in [0, 0.05) is 23.7 Å². The van der Waals surface area contributed by atoms with Crippen LogP contribution in [0.3, 0.4) is 0 Å². The Hall–Kier alpha value is -3.75. The quantitative estimate of drug-likeness (QED) is 0.345. The first-order valence-corrected chi connectivity index (χ1v) is 12.7. The third kappa shape index (κ3) is 5.72. The highest BCUT2D eigenvalue weighted by atomic mass is 16.4. The first-order chi connectivity index (χ1) is 17.5. The zero-order valence-electron chi connectivity index (χ0n) is 20.2. The molecule has 0 bridgehead atoms. The number of nitrogens with zero attached hydrogens (tertiary/aromatic N) is 3. The van der Waals surface area contributed by atoms with Crippen LogP contribution in [-0.2, 0) is 4.79 Å². The molecule has 0 radical (unpaired) electrons. The molecule has 2 saturated carbocycles. The van der Waals surface area contributed by atoms with Gasteiger partial charge in [-0.2, -0.15) is 4.98 Å². The lowest BCUT2D eigenvalue weighted by molar-refractivity contribution is -0.138. The zero-order chi connectivity index (χ0) is 25.0. The lowest BCUT2D eigenvalue weighted by Crippen LogP contribution is -2.32. The average Bonchev–Trinajstić information content (AvgIpc) is 3.36. The van der Waals surface area contributed by atoms with E-state index in [0.29, 0.717) is 35.3 Å². The fourth-order valence-corrected chi connectivity index (χ4v) is 5.75. The summed E-state index contributed by atoms with van der Waals surface area (Å²) in [7, 11) is 0. The van der Waals surface area contributed by atoms with E-state index in [-0.39, 0.29) is 11.7 Å². The number of H-pyrrole nitrogens is 1. The molecule has 0 unspecified atom stereocenters. The Labute approximate surface area is 210 Å². The third-order valence-electron chi connectivity index (χ3n) is 7.87. The van der Waals surface area contributed by atoms with Gasteiger partial charge in [0.1, 0.15) is 0 Å². The molecule has 1 spiro atoms. The van der Waals surface area contributed by atoms with Crippen LogP contribution in [0.2, 0.25) is 0 Å². The number of para-hydroxylation sites is 1. The van der Waals surface area contributed by atoms with Crippen LogP contribution in [0.15, 0.2) is 48.7 Å². The van der Waals surface area contributed by atoms with E-state index >= 15 is 0 Å². The maximum absolute atomic E-state index is 12.6. The Kier molecular flexibility index (Phi) is 6.97. The van der Waals surface area contributed by atoms with Crippen molar-refractivity contribution in [2.75, 3.05) is 10.6 Å². The summed E-state index contributed by atoms with van der Waals surface area (Å²) in [5, 5.41) is 21.7. The lowest BCUT2D eigenvalue weighted by atomic mass is 9.61. The van der Waals surface area contributed by atoms with E-state index in [0.717, 1.165) is 49.9 Å². The molecule has 36 heavy (non-hydrogen) atoms. The van der Waals surface area contributed by atoms with E-state index in [1.54, 1.807) is 6.20 Å². The molecule has 0 aliphatic heterocycles. The minimum Gasteiger partial charge on any atom is -0.481 e. The van der Waals surface area contributed by atoms with Gasteiger partial charge in [0.05, 0.1) is 11.9 Å². The molecular weight excluding hydrogens is 456 g/mol. The van der Waals surface area contributed by atoms with Gasteiger partial charge in [-0.05, 0) is 87.0 Å². The first-order valence-electron chi connectivity index (χ1n) is 12.7. The minimum absolute atomic E-state index is 0.119. The molecule has 2 fully saturated rings. The van der Waals surface area contributed by atoms with Crippen LogP contribution in [0, 0.1) is 11.3 Å². The monoisotopic (exact) mass is 488 g/mol. The van der Waals surface area contributed by atoms with Crippen molar-refractivity contribution in [3.05, 3.63) is 60.2 Å². The Bertz CT molecular complexity index is 1180. The van der Waals surface area contributed by atoms with Crippen molar-refractivity contribution < 1.29 is 14.7 Å². The summed E-state index contributed by atoms with van der Waals surface area (Å²) in [5.74, 6) is 0.169. The topological polar surface area (TPSA) is 133 Å². The van der Waals surface area contributed by atoms with Gasteiger partial charge in [0.2, 0.25) is 11.8 Å². The van der Waals surface area contributed by atoms with Crippen LogP contribution in [-0.4, -0.2) is 37.1 Å². The molecule has 3 aromatic rings. The maximum atomic E-state index is 12.6. The maximum Gasteiger partial charge on any atom is 0.303 e. The summed E-state index contributed by atoms with van der Waals surface area (Å²) in [4.78, 5) is 32.5. The van der Waals surface area contributed by atoms with Crippen LogP contribution >= 0.6 is 0 Å². The SMILES string of the molecule is O=C(O)CC1CCC2(CC1)CCC(c1ccc(NC(=O)c3nc(Nc4ccccc4)n[nH]3)cn1)CC2. The molecule has 1 aromatic carbocycles. The largest absolute Gasteiger partial charge is 0.481 e. The molecule has 0 saturated heterocycles. The van der Waals surface area contributed by atoms with Crippen molar-refractivity contribution in [2.45, 2.75) is 63.7 Å². The highest BCUT2D eigenvalue weighted by Crippen LogP contribution is 2.52. The summed E-state index contributed by atoms with van der Waals surface area (Å²) in [6.07, 6.45) is 11.0. The Morgan fingerprint density at radius 1 is 0.972 bits per heavy atom. The van der Waals surface area contributed by atoms with Crippen LogP contribution in [0.5, 0.6) is 0 Å². The van der Waals surface area contributed by atoms with Crippen LogP contribution in [0.4, 0.5) is 17.3 Å². The van der Waals surface area contributed by atoms with Crippen LogP contribution in [0.25, 0.3) is 0 Å². The van der Waals surface area contributed by atoms with Crippen molar-refractivity contribution in [1.82, 2.24) is 20.2 Å². The first kappa shape index (κ1) is 24.0. The molecule has 1 amide bonds. The highest BCUT2D eigenvalue weighted by Gasteiger charge is 2.39. The van der Waals surface area contributed by atoms with Gasteiger partial charge in [-0.15, -0.1) is 5.10 Å². The number of aliphatic carboxylic acids is 1. The van der Waals surface area contributed by atoms with Gasteiger partial charge in [-0.1, -0.05) is 18.2 Å². The Balaban J connectivity index is 1.11. The normalized spacial score (nSPS) is 23.8. The summed E-state index contributed by atoms with van der Waals surface area (Å²) < 4.78 is 0. The summed E-state index contributed by atoms with van der Waals surface area (Å²) in [6, 6.07) is 13.4. The number of aromatic amines is 1. The van der Waals surface area contributed by atoms with Gasteiger partial charge in [0.25, 0.3) is 5.91 Å². The number of pyridine rings is 1. The van der Waals surface area contributed by atoms with Gasteiger partial charge >= 0.3 is 5.97 Å². The van der Waals surface area contributed by atoms with E-state index in [2.05, 4.69) is 30.8 Å². The predicted molar refractivity (Wildman–Crippen MR) is 136 cm³/mol. The number of hydrogen-bond donors (Lipinski definition) is 4. The number of benzene rings is 1. The number of carboxylic acids is 1. The number of amides is 1. The molecule has 2 heterocycles. The molecule has 9 nitrogen and oxygen atoms in total. The summed E-state index contributed by atoms with van der Waals surface area (Å²) in [5.41, 5.74) is 2.91. The number of nitrogens with one attached hydrogen (secondary N) is 3. The average molecular weight is 489 g/mol. The van der Waals surface area contributed by atoms with E-state index in [9.17, 15) is 9.59 Å². The number of aromatic nitrogens is 4. The number of anilines is 3. The van der Waals surface area contributed by atoms with Gasteiger partial charge in [-0.3, -0.25) is 19.7 Å². The number of carbonyl (C=O) groups excluding carboxylic acids is 1. The molecule has 5 rings (SSSR count). The molecule has 0 atom stereocenters. The number of hydrogen-bond acceptors (Lipinski definition) is 6. The molecule has 9 heteroatoms. The van der Waals surface area contributed by atoms with Gasteiger partial charge < -0.3 is 15.7 Å². The highest BCUT2D eigenvalue weighted by molar-refractivity contribution is 6.01. The van der Waals surface area contributed by atoms with Crippen molar-refractivity contribution >= 4 is 29.2 Å². The molecule has 188 valence electrons. The van der Waals surface area contributed by atoms with E-state index in [1.165, 1.54) is 12.8 Å². The molecular formula is C27H32N6O3. The van der Waals surface area contributed by atoms with Crippen LogP contribution in [0.1, 0.15) is 80.0 Å². The molecule has 2 aromatic heterocycles. The minimum atomic E-state index is -0.670. The van der Waals surface area contributed by atoms with Crippen molar-refractivity contribution in [3.8, 4) is 0 Å². The predicted octanol–water partition coefficient (Wildman–Crippen LogP) is 5.50.